The van der Waals surface area contributed by atoms with Crippen molar-refractivity contribution in [2.75, 3.05) is 30.9 Å². The zero-order valence-corrected chi connectivity index (χ0v) is 11.5. The van der Waals surface area contributed by atoms with Gasteiger partial charge in [-0.2, -0.15) is 15.1 Å². The highest BCUT2D eigenvalue weighted by molar-refractivity contribution is 5.87. The molecule has 0 fully saturated rings. The third-order valence-electron chi connectivity index (χ3n) is 2.78. The summed E-state index contributed by atoms with van der Waals surface area (Å²) in [5.74, 6) is 1.39. The molecule has 7 nitrogen and oxygen atoms in total. The summed E-state index contributed by atoms with van der Waals surface area (Å²) in [6.07, 6.45) is 2.65. The number of rotatable bonds is 7. The van der Waals surface area contributed by atoms with Crippen molar-refractivity contribution in [3.8, 4) is 0 Å². The summed E-state index contributed by atoms with van der Waals surface area (Å²) >= 11 is 0. The van der Waals surface area contributed by atoms with E-state index in [-0.39, 0.29) is 6.04 Å². The molecule has 3 N–H and O–H groups in total. The number of nitrogens with one attached hydrogen (secondary N) is 3. The van der Waals surface area contributed by atoms with Gasteiger partial charge in [-0.25, -0.2) is 0 Å². The second kappa shape index (κ2) is 6.33. The summed E-state index contributed by atoms with van der Waals surface area (Å²) in [7, 11) is 1.70. The molecule has 2 heterocycles. The van der Waals surface area contributed by atoms with Gasteiger partial charge in [0.1, 0.15) is 5.82 Å². The fourth-order valence-electron chi connectivity index (χ4n) is 1.78. The van der Waals surface area contributed by atoms with Crippen LogP contribution in [0.4, 0.5) is 11.8 Å². The second-order valence-corrected chi connectivity index (χ2v) is 4.39. The minimum atomic E-state index is 0.266. The van der Waals surface area contributed by atoms with Crippen LogP contribution in [0.5, 0.6) is 0 Å². The quantitative estimate of drug-likeness (QED) is 0.704. The number of ether oxygens (including phenoxy) is 1. The van der Waals surface area contributed by atoms with Crippen LogP contribution in [-0.4, -0.2) is 46.5 Å². The molecule has 0 saturated heterocycles. The second-order valence-electron chi connectivity index (χ2n) is 4.39. The van der Waals surface area contributed by atoms with Gasteiger partial charge in [-0.3, -0.25) is 5.10 Å². The van der Waals surface area contributed by atoms with E-state index in [1.54, 1.807) is 13.3 Å². The summed E-state index contributed by atoms with van der Waals surface area (Å²) in [6, 6.07) is 0.266. The number of aromatic amines is 1. The first kappa shape index (κ1) is 13.5. The lowest BCUT2D eigenvalue weighted by Gasteiger charge is -2.15. The van der Waals surface area contributed by atoms with E-state index in [0.29, 0.717) is 12.6 Å². The number of H-pyrrole nitrogens is 1. The molecule has 2 aromatic rings. The van der Waals surface area contributed by atoms with E-state index in [1.165, 1.54) is 0 Å². The number of fused-ring (bicyclic) bond motifs is 1. The minimum Gasteiger partial charge on any atom is -0.385 e. The van der Waals surface area contributed by atoms with Crippen LogP contribution in [-0.2, 0) is 4.74 Å². The Morgan fingerprint density at radius 1 is 1.42 bits per heavy atom. The van der Waals surface area contributed by atoms with Crippen molar-refractivity contribution in [1.82, 2.24) is 20.2 Å². The predicted molar refractivity (Wildman–Crippen MR) is 75.4 cm³/mol. The lowest BCUT2D eigenvalue weighted by atomic mass is 10.2. The van der Waals surface area contributed by atoms with Gasteiger partial charge in [0.25, 0.3) is 0 Å². The van der Waals surface area contributed by atoms with E-state index < -0.39 is 0 Å². The van der Waals surface area contributed by atoms with Crippen molar-refractivity contribution in [1.29, 1.82) is 0 Å². The number of hydrogen-bond donors (Lipinski definition) is 3. The average Bonchev–Trinajstić information content (AvgIpc) is 2.85. The van der Waals surface area contributed by atoms with Crippen LogP contribution in [0.3, 0.4) is 0 Å². The maximum Gasteiger partial charge on any atom is 0.226 e. The third kappa shape index (κ3) is 3.31. The number of nitrogens with zero attached hydrogens (tertiary/aromatic N) is 3. The summed E-state index contributed by atoms with van der Waals surface area (Å²) in [5, 5.41) is 14.3. The van der Waals surface area contributed by atoms with E-state index in [4.69, 9.17) is 4.74 Å². The van der Waals surface area contributed by atoms with Gasteiger partial charge in [-0.05, 0) is 20.3 Å². The lowest BCUT2D eigenvalue weighted by molar-refractivity contribution is 0.191. The molecule has 1 unspecified atom stereocenters. The van der Waals surface area contributed by atoms with Gasteiger partial charge in [0.2, 0.25) is 5.95 Å². The number of aromatic nitrogens is 4. The van der Waals surface area contributed by atoms with Gasteiger partial charge in [0.05, 0.1) is 11.6 Å². The zero-order valence-electron chi connectivity index (χ0n) is 11.5. The summed E-state index contributed by atoms with van der Waals surface area (Å²) < 4.78 is 5.08. The van der Waals surface area contributed by atoms with Crippen LogP contribution < -0.4 is 10.6 Å². The Kier molecular flexibility index (Phi) is 4.51. The molecule has 0 saturated carbocycles. The van der Waals surface area contributed by atoms with Crippen LogP contribution in [0.2, 0.25) is 0 Å². The van der Waals surface area contributed by atoms with Crippen molar-refractivity contribution in [2.45, 2.75) is 26.3 Å². The Labute approximate surface area is 112 Å². The molecular weight excluding hydrogens is 244 g/mol. The molecular formula is C12H20N6O. The van der Waals surface area contributed by atoms with Crippen molar-refractivity contribution < 1.29 is 4.74 Å². The van der Waals surface area contributed by atoms with Crippen LogP contribution in [0, 0.1) is 0 Å². The highest BCUT2D eigenvalue weighted by Gasteiger charge is 2.11. The van der Waals surface area contributed by atoms with Gasteiger partial charge in [-0.15, -0.1) is 0 Å². The summed E-state index contributed by atoms with van der Waals surface area (Å²) in [5.41, 5.74) is 0.729. The van der Waals surface area contributed by atoms with Gasteiger partial charge in [0.15, 0.2) is 5.65 Å². The largest absolute Gasteiger partial charge is 0.385 e. The average molecular weight is 264 g/mol. The third-order valence-corrected chi connectivity index (χ3v) is 2.78. The van der Waals surface area contributed by atoms with Gasteiger partial charge >= 0.3 is 0 Å². The molecule has 0 aromatic carbocycles. The Hall–Kier alpha value is -1.89. The number of methoxy groups -OCH3 is 1. The monoisotopic (exact) mass is 264 g/mol. The normalized spacial score (nSPS) is 12.6. The fraction of sp³-hybridized carbons (Fsp3) is 0.583. The van der Waals surface area contributed by atoms with Crippen molar-refractivity contribution in [2.24, 2.45) is 0 Å². The highest BCUT2D eigenvalue weighted by atomic mass is 16.5. The van der Waals surface area contributed by atoms with Gasteiger partial charge in [0, 0.05) is 26.3 Å². The van der Waals surface area contributed by atoms with E-state index in [2.05, 4.69) is 37.7 Å². The predicted octanol–water partition coefficient (Wildman–Crippen LogP) is 1.62. The maximum absolute atomic E-state index is 5.08. The van der Waals surface area contributed by atoms with Crippen LogP contribution >= 0.6 is 0 Å². The molecule has 0 aliphatic rings. The Morgan fingerprint density at radius 2 is 2.26 bits per heavy atom. The van der Waals surface area contributed by atoms with Crippen molar-refractivity contribution >= 4 is 22.8 Å². The highest BCUT2D eigenvalue weighted by Crippen LogP contribution is 2.20. The molecule has 2 aromatic heterocycles. The molecule has 0 radical (unpaired) electrons. The number of anilines is 2. The molecule has 0 bridgehead atoms. The van der Waals surface area contributed by atoms with Crippen molar-refractivity contribution in [3.63, 3.8) is 0 Å². The number of hydrogen-bond acceptors (Lipinski definition) is 6. The van der Waals surface area contributed by atoms with E-state index in [1.807, 2.05) is 6.92 Å². The minimum absolute atomic E-state index is 0.266. The molecule has 104 valence electrons. The molecule has 0 amide bonds. The molecule has 19 heavy (non-hydrogen) atoms. The first-order valence-electron chi connectivity index (χ1n) is 6.45. The van der Waals surface area contributed by atoms with E-state index >= 15 is 0 Å². The van der Waals surface area contributed by atoms with Gasteiger partial charge < -0.3 is 15.4 Å². The molecule has 0 spiro atoms. The fourth-order valence-corrected chi connectivity index (χ4v) is 1.78. The SMILES string of the molecule is CCNc1nc(NC(C)CCOC)c2cn[nH]c2n1. The Bertz CT molecular complexity index is 526. The Morgan fingerprint density at radius 3 is 3.00 bits per heavy atom. The van der Waals surface area contributed by atoms with E-state index in [9.17, 15) is 0 Å². The van der Waals surface area contributed by atoms with Crippen molar-refractivity contribution in [3.05, 3.63) is 6.20 Å². The van der Waals surface area contributed by atoms with E-state index in [0.717, 1.165) is 29.8 Å². The summed E-state index contributed by atoms with van der Waals surface area (Å²) in [6.45, 7) is 5.60. The maximum atomic E-state index is 5.08. The molecule has 1 atom stereocenters. The molecule has 0 aliphatic heterocycles. The smallest absolute Gasteiger partial charge is 0.226 e. The lowest BCUT2D eigenvalue weighted by Crippen LogP contribution is -2.18. The van der Waals surface area contributed by atoms with Crippen LogP contribution in [0.25, 0.3) is 11.0 Å². The standard InChI is InChI=1S/C12H20N6O/c1-4-13-12-16-10(15-8(2)5-6-19-3)9-7-14-18-11(9)17-12/h7-8H,4-6H2,1-3H3,(H3,13,14,15,16,17,18). The van der Waals surface area contributed by atoms with Crippen LogP contribution in [0.15, 0.2) is 6.20 Å². The first-order valence-corrected chi connectivity index (χ1v) is 6.45. The van der Waals surface area contributed by atoms with Crippen LogP contribution in [0.1, 0.15) is 20.3 Å². The summed E-state index contributed by atoms with van der Waals surface area (Å²) in [4.78, 5) is 8.83. The molecule has 2 rings (SSSR count). The first-order chi connectivity index (χ1) is 9.24. The molecule has 0 aliphatic carbocycles. The zero-order chi connectivity index (χ0) is 13.7. The topological polar surface area (TPSA) is 87.8 Å². The van der Waals surface area contributed by atoms with Gasteiger partial charge in [-0.1, -0.05) is 0 Å². The Balaban J connectivity index is 2.21. The molecule has 7 heteroatoms.